The third kappa shape index (κ3) is 2.66. The Labute approximate surface area is 123 Å². The fourth-order valence-electron chi connectivity index (χ4n) is 3.06. The molecule has 0 atom stereocenters. The van der Waals surface area contributed by atoms with Gasteiger partial charge in [0.2, 0.25) is 0 Å². The fraction of sp³-hybridized carbons (Fsp3) is 0.667. The van der Waals surface area contributed by atoms with Crippen LogP contribution in [0.25, 0.3) is 11.2 Å². The van der Waals surface area contributed by atoms with Gasteiger partial charge in [0.15, 0.2) is 5.65 Å². The Morgan fingerprint density at radius 2 is 1.62 bits per heavy atom. The minimum atomic E-state index is -0.362. The molecule has 0 spiro atoms. The van der Waals surface area contributed by atoms with Crippen LogP contribution < -0.4 is 11.2 Å². The summed E-state index contributed by atoms with van der Waals surface area (Å²) in [5.41, 5.74) is 0.0340. The molecule has 0 aromatic carbocycles. The van der Waals surface area contributed by atoms with Crippen LogP contribution in [-0.4, -0.2) is 19.1 Å². The number of imidazole rings is 1. The first-order valence-electron chi connectivity index (χ1n) is 7.10. The normalized spacial score (nSPS) is 13.1. The van der Waals surface area contributed by atoms with Crippen LogP contribution in [0.3, 0.4) is 0 Å². The topological polar surface area (TPSA) is 72.7 Å². The van der Waals surface area contributed by atoms with Gasteiger partial charge in [0.25, 0.3) is 5.56 Å². The largest absolute Gasteiger partial charge is 0.336 e. The van der Waals surface area contributed by atoms with Crippen molar-refractivity contribution in [2.24, 2.45) is 19.5 Å². The minimum absolute atomic E-state index is 0.138. The SMILES string of the molecule is Cn1c(=O)c2[nH]c(C(C)(C)CC(C)(C)C)nc2n(C)c1=O. The van der Waals surface area contributed by atoms with Crippen molar-refractivity contribution >= 4 is 11.2 Å². The maximum Gasteiger partial charge on any atom is 0.332 e. The number of aromatic nitrogens is 4. The van der Waals surface area contributed by atoms with Crippen molar-refractivity contribution < 1.29 is 0 Å². The Balaban J connectivity index is 2.70. The van der Waals surface area contributed by atoms with Gasteiger partial charge in [0.05, 0.1) is 0 Å². The van der Waals surface area contributed by atoms with Gasteiger partial charge in [0.1, 0.15) is 11.3 Å². The minimum Gasteiger partial charge on any atom is -0.336 e. The molecule has 6 nitrogen and oxygen atoms in total. The zero-order valence-electron chi connectivity index (χ0n) is 13.9. The Morgan fingerprint density at radius 3 is 2.14 bits per heavy atom. The summed E-state index contributed by atoms with van der Waals surface area (Å²) in [6, 6.07) is 0. The van der Waals surface area contributed by atoms with Crippen LogP contribution in [0.1, 0.15) is 46.9 Å². The van der Waals surface area contributed by atoms with Crippen molar-refractivity contribution in [3.05, 3.63) is 26.7 Å². The van der Waals surface area contributed by atoms with Crippen molar-refractivity contribution in [3.8, 4) is 0 Å². The van der Waals surface area contributed by atoms with Crippen molar-refractivity contribution in [1.82, 2.24) is 19.1 Å². The molecule has 0 unspecified atom stereocenters. The molecule has 2 rings (SSSR count). The number of nitrogens with zero attached hydrogens (tertiary/aromatic N) is 3. The van der Waals surface area contributed by atoms with Crippen molar-refractivity contribution in [1.29, 1.82) is 0 Å². The fourth-order valence-corrected chi connectivity index (χ4v) is 3.06. The van der Waals surface area contributed by atoms with Crippen LogP contribution in [0.2, 0.25) is 0 Å². The van der Waals surface area contributed by atoms with E-state index in [1.165, 1.54) is 11.6 Å². The molecule has 0 radical (unpaired) electrons. The van der Waals surface area contributed by atoms with Gasteiger partial charge in [-0.2, -0.15) is 0 Å². The highest BCUT2D eigenvalue weighted by Crippen LogP contribution is 2.35. The summed E-state index contributed by atoms with van der Waals surface area (Å²) in [6.07, 6.45) is 0.911. The highest BCUT2D eigenvalue weighted by Gasteiger charge is 2.31. The van der Waals surface area contributed by atoms with E-state index in [4.69, 9.17) is 0 Å². The molecule has 1 N–H and O–H groups in total. The molecule has 0 saturated heterocycles. The second-order valence-electron chi connectivity index (χ2n) is 7.61. The lowest BCUT2D eigenvalue weighted by Gasteiger charge is -2.30. The number of fused-ring (bicyclic) bond motifs is 1. The molecule has 2 heterocycles. The van der Waals surface area contributed by atoms with Gasteiger partial charge < -0.3 is 4.98 Å². The monoisotopic (exact) mass is 292 g/mol. The van der Waals surface area contributed by atoms with Crippen LogP contribution in [0.5, 0.6) is 0 Å². The Morgan fingerprint density at radius 1 is 1.05 bits per heavy atom. The Kier molecular flexibility index (Phi) is 3.39. The maximum atomic E-state index is 12.2. The predicted molar refractivity (Wildman–Crippen MR) is 83.7 cm³/mol. The lowest BCUT2D eigenvalue weighted by Crippen LogP contribution is -2.36. The molecule has 0 bridgehead atoms. The molecule has 116 valence electrons. The summed E-state index contributed by atoms with van der Waals surface area (Å²) in [5.74, 6) is 0.741. The molecular weight excluding hydrogens is 268 g/mol. The van der Waals surface area contributed by atoms with Gasteiger partial charge >= 0.3 is 5.69 Å². The standard InChI is InChI=1S/C15H24N4O2/c1-14(2,3)8-15(4,5)12-16-9-10(17-12)18(6)13(21)19(7)11(9)20/h8H2,1-7H3,(H,16,17). The first-order chi connectivity index (χ1) is 9.44. The van der Waals surface area contributed by atoms with Gasteiger partial charge in [-0.15, -0.1) is 0 Å². The number of nitrogens with one attached hydrogen (secondary N) is 1. The molecule has 2 aromatic heterocycles. The van der Waals surface area contributed by atoms with E-state index < -0.39 is 0 Å². The molecular formula is C15H24N4O2. The van der Waals surface area contributed by atoms with Gasteiger partial charge in [-0.25, -0.2) is 9.78 Å². The zero-order valence-corrected chi connectivity index (χ0v) is 13.9. The third-order valence-electron chi connectivity index (χ3n) is 3.71. The second kappa shape index (κ2) is 4.58. The second-order valence-corrected chi connectivity index (χ2v) is 7.61. The molecule has 0 aliphatic rings. The van der Waals surface area contributed by atoms with E-state index in [1.54, 1.807) is 7.05 Å². The Bertz CT molecular complexity index is 800. The lowest BCUT2D eigenvalue weighted by atomic mass is 9.76. The third-order valence-corrected chi connectivity index (χ3v) is 3.71. The number of hydrogen-bond donors (Lipinski definition) is 1. The summed E-state index contributed by atoms with van der Waals surface area (Å²) < 4.78 is 2.50. The molecule has 21 heavy (non-hydrogen) atoms. The quantitative estimate of drug-likeness (QED) is 0.915. The number of hydrogen-bond acceptors (Lipinski definition) is 3. The van der Waals surface area contributed by atoms with Gasteiger partial charge in [-0.1, -0.05) is 34.6 Å². The average Bonchev–Trinajstić information content (AvgIpc) is 2.76. The van der Waals surface area contributed by atoms with E-state index in [-0.39, 0.29) is 22.1 Å². The number of H-pyrrole nitrogens is 1. The van der Waals surface area contributed by atoms with Crippen molar-refractivity contribution in [3.63, 3.8) is 0 Å². The highest BCUT2D eigenvalue weighted by molar-refractivity contribution is 5.70. The van der Waals surface area contributed by atoms with E-state index in [2.05, 4.69) is 44.6 Å². The van der Waals surface area contributed by atoms with Gasteiger partial charge in [0, 0.05) is 19.5 Å². The zero-order chi connectivity index (χ0) is 16.2. The number of aromatic amines is 1. The van der Waals surface area contributed by atoms with Crippen LogP contribution >= 0.6 is 0 Å². The number of rotatable bonds is 2. The van der Waals surface area contributed by atoms with Crippen LogP contribution in [-0.2, 0) is 19.5 Å². The summed E-state index contributed by atoms with van der Waals surface area (Å²) in [5, 5.41) is 0. The van der Waals surface area contributed by atoms with E-state index in [0.717, 1.165) is 16.8 Å². The maximum absolute atomic E-state index is 12.2. The molecule has 0 aliphatic carbocycles. The smallest absolute Gasteiger partial charge is 0.332 e. The van der Waals surface area contributed by atoms with Crippen LogP contribution in [0.15, 0.2) is 9.59 Å². The summed E-state index contributed by atoms with van der Waals surface area (Å²) in [6.45, 7) is 10.7. The molecule has 0 fully saturated rings. The molecule has 0 saturated carbocycles. The van der Waals surface area contributed by atoms with Crippen molar-refractivity contribution in [2.75, 3.05) is 0 Å². The summed E-state index contributed by atoms with van der Waals surface area (Å²) in [4.78, 5) is 31.8. The Hall–Kier alpha value is -1.85. The van der Waals surface area contributed by atoms with Gasteiger partial charge in [-0.05, 0) is 11.8 Å². The first kappa shape index (κ1) is 15.5. The van der Waals surface area contributed by atoms with E-state index in [9.17, 15) is 9.59 Å². The molecule has 0 aliphatic heterocycles. The number of aryl methyl sites for hydroxylation is 1. The van der Waals surface area contributed by atoms with Crippen LogP contribution in [0.4, 0.5) is 0 Å². The van der Waals surface area contributed by atoms with E-state index in [0.29, 0.717) is 11.2 Å². The average molecular weight is 292 g/mol. The lowest BCUT2D eigenvalue weighted by molar-refractivity contribution is 0.276. The highest BCUT2D eigenvalue weighted by atomic mass is 16.2. The van der Waals surface area contributed by atoms with Crippen molar-refractivity contribution in [2.45, 2.75) is 46.5 Å². The van der Waals surface area contributed by atoms with E-state index >= 15 is 0 Å². The van der Waals surface area contributed by atoms with Gasteiger partial charge in [-0.3, -0.25) is 13.9 Å². The van der Waals surface area contributed by atoms with Crippen LogP contribution in [0, 0.1) is 5.41 Å². The summed E-state index contributed by atoms with van der Waals surface area (Å²) >= 11 is 0. The predicted octanol–water partition coefficient (Wildman–Crippen LogP) is 1.67. The first-order valence-corrected chi connectivity index (χ1v) is 7.10. The van der Waals surface area contributed by atoms with E-state index in [1.807, 2.05) is 0 Å². The molecule has 2 aromatic rings. The molecule has 6 heteroatoms. The summed E-state index contributed by atoms with van der Waals surface area (Å²) in [7, 11) is 3.11. The molecule has 0 amide bonds.